The molecule has 0 aliphatic carbocycles. The topological polar surface area (TPSA) is 109 Å². The van der Waals surface area contributed by atoms with Crippen LogP contribution in [0.3, 0.4) is 0 Å². The van der Waals surface area contributed by atoms with Crippen molar-refractivity contribution in [2.45, 2.75) is 19.8 Å². The number of carbonyl (C=O) groups excluding carboxylic acids is 2. The second kappa shape index (κ2) is 8.56. The highest BCUT2D eigenvalue weighted by Gasteiger charge is 2.28. The lowest BCUT2D eigenvalue weighted by Gasteiger charge is -2.13. The van der Waals surface area contributed by atoms with Crippen LogP contribution in [-0.2, 0) is 9.59 Å². The first-order valence-corrected chi connectivity index (χ1v) is 9.81. The van der Waals surface area contributed by atoms with Gasteiger partial charge in [-0.25, -0.2) is 4.39 Å². The Balaban J connectivity index is 2.20. The summed E-state index contributed by atoms with van der Waals surface area (Å²) in [5, 5.41) is 21.7. The van der Waals surface area contributed by atoms with E-state index in [1.807, 2.05) is 0 Å². The monoisotopic (exact) mass is 466 g/mol. The Kier molecular flexibility index (Phi) is 6.24. The maximum atomic E-state index is 14.2. The van der Waals surface area contributed by atoms with Crippen molar-refractivity contribution < 1.29 is 29.0 Å². The van der Waals surface area contributed by atoms with Crippen molar-refractivity contribution in [3.63, 3.8) is 0 Å². The van der Waals surface area contributed by atoms with Crippen LogP contribution < -0.4 is 5.32 Å². The van der Waals surface area contributed by atoms with E-state index in [1.165, 1.54) is 29.7 Å². The summed E-state index contributed by atoms with van der Waals surface area (Å²) >= 11 is 11.9. The molecular weight excluding hydrogens is 450 g/mol. The lowest BCUT2D eigenvalue weighted by molar-refractivity contribution is -0.138. The molecule has 0 radical (unpaired) electrons. The highest BCUT2D eigenvalue weighted by molar-refractivity contribution is 6.42. The Bertz CT molecular complexity index is 1240. The molecule has 1 atom stereocenters. The van der Waals surface area contributed by atoms with Gasteiger partial charge in [-0.05, 0) is 43.7 Å². The van der Waals surface area contributed by atoms with E-state index >= 15 is 0 Å². The summed E-state index contributed by atoms with van der Waals surface area (Å²) < 4.78 is 15.4. The molecule has 0 aliphatic rings. The molecule has 10 heteroatoms. The van der Waals surface area contributed by atoms with Crippen molar-refractivity contribution >= 4 is 51.9 Å². The van der Waals surface area contributed by atoms with Gasteiger partial charge in [0.1, 0.15) is 6.54 Å². The number of aromatic nitrogens is 1. The molecule has 2 aromatic carbocycles. The predicted octanol–water partition coefficient (Wildman–Crippen LogP) is 4.09. The van der Waals surface area contributed by atoms with Gasteiger partial charge in [-0.15, -0.1) is 0 Å². The van der Waals surface area contributed by atoms with E-state index in [4.69, 9.17) is 28.3 Å². The minimum absolute atomic E-state index is 0.136. The quantitative estimate of drug-likeness (QED) is 0.524. The molecule has 162 valence electrons. The average Bonchev–Trinajstić information content (AvgIpc) is 2.98. The number of amides is 1. The van der Waals surface area contributed by atoms with E-state index in [0.29, 0.717) is 11.3 Å². The number of phenolic OH excluding ortho intramolecular Hbond substituents is 1. The van der Waals surface area contributed by atoms with Gasteiger partial charge in [0, 0.05) is 22.7 Å². The first-order valence-electron chi connectivity index (χ1n) is 9.05. The number of aliphatic carboxylic acids is 1. The van der Waals surface area contributed by atoms with Crippen LogP contribution >= 0.6 is 23.2 Å². The summed E-state index contributed by atoms with van der Waals surface area (Å²) in [7, 11) is 0. The van der Waals surface area contributed by atoms with Crippen LogP contribution in [0.25, 0.3) is 10.9 Å². The molecule has 0 saturated heterocycles. The first-order chi connectivity index (χ1) is 14.5. The normalized spacial score (nSPS) is 12.0. The molecule has 3 rings (SSSR count). The number of rotatable bonds is 5. The van der Waals surface area contributed by atoms with Gasteiger partial charge in [0.05, 0.1) is 21.5 Å². The third-order valence-corrected chi connectivity index (χ3v) is 5.67. The van der Waals surface area contributed by atoms with Crippen LogP contribution in [-0.4, -0.2) is 39.1 Å². The summed E-state index contributed by atoms with van der Waals surface area (Å²) in [5.74, 6) is -4.84. The van der Waals surface area contributed by atoms with E-state index in [0.717, 1.165) is 12.1 Å². The Morgan fingerprint density at radius 1 is 1.16 bits per heavy atom. The van der Waals surface area contributed by atoms with Gasteiger partial charge in [0.2, 0.25) is 5.91 Å². The van der Waals surface area contributed by atoms with Crippen molar-refractivity contribution in [3.05, 3.63) is 63.0 Å². The van der Waals surface area contributed by atoms with Crippen LogP contribution in [0.5, 0.6) is 5.75 Å². The fourth-order valence-electron chi connectivity index (χ4n) is 3.46. The summed E-state index contributed by atoms with van der Waals surface area (Å²) in [4.78, 5) is 36.5. The van der Waals surface area contributed by atoms with Crippen molar-refractivity contribution in [1.82, 2.24) is 9.88 Å². The number of nitrogens with one attached hydrogen (secondary N) is 1. The number of aromatic hydroxyl groups is 1. The molecule has 1 heterocycles. The van der Waals surface area contributed by atoms with E-state index in [2.05, 4.69) is 5.32 Å². The van der Waals surface area contributed by atoms with Gasteiger partial charge in [0.25, 0.3) is 5.91 Å². The van der Waals surface area contributed by atoms with Gasteiger partial charge in [0.15, 0.2) is 11.6 Å². The number of benzene rings is 2. The van der Waals surface area contributed by atoms with Gasteiger partial charge >= 0.3 is 5.97 Å². The van der Waals surface area contributed by atoms with Gasteiger partial charge in [-0.3, -0.25) is 19.0 Å². The summed E-state index contributed by atoms with van der Waals surface area (Å²) in [5.41, 5.74) is 0.991. The lowest BCUT2D eigenvalue weighted by atomic mass is 9.97. The van der Waals surface area contributed by atoms with Crippen molar-refractivity contribution in [2.75, 3.05) is 6.54 Å². The number of carboxylic acids is 1. The fraction of sp³-hybridized carbons (Fsp3) is 0.190. The number of hydrogen-bond donors (Lipinski definition) is 3. The molecule has 1 aromatic heterocycles. The van der Waals surface area contributed by atoms with Gasteiger partial charge in [-0.2, -0.15) is 0 Å². The van der Waals surface area contributed by atoms with E-state index < -0.39 is 41.8 Å². The molecule has 0 fully saturated rings. The van der Waals surface area contributed by atoms with Gasteiger partial charge in [-0.1, -0.05) is 23.2 Å². The SMILES string of the molecule is Cc1c([C@H](C)C(=O)NCC(=O)O)c2cc(O)c(F)cc2n1C(=O)c1ccc(Cl)c(Cl)c1. The van der Waals surface area contributed by atoms with E-state index in [9.17, 15) is 23.9 Å². The second-order valence-electron chi connectivity index (χ2n) is 6.92. The number of fused-ring (bicyclic) bond motifs is 1. The summed E-state index contributed by atoms with van der Waals surface area (Å²) in [6, 6.07) is 6.41. The molecule has 0 aliphatic heterocycles. The first kappa shape index (κ1) is 22.6. The Morgan fingerprint density at radius 2 is 1.84 bits per heavy atom. The summed E-state index contributed by atoms with van der Waals surface area (Å²) in [6.07, 6.45) is 0. The maximum Gasteiger partial charge on any atom is 0.322 e. The number of halogens is 3. The molecule has 0 unspecified atom stereocenters. The molecule has 0 saturated carbocycles. The predicted molar refractivity (Wildman–Crippen MR) is 114 cm³/mol. The second-order valence-corrected chi connectivity index (χ2v) is 7.74. The molecule has 0 spiro atoms. The molecule has 3 aromatic rings. The maximum absolute atomic E-state index is 14.2. The van der Waals surface area contributed by atoms with Crippen LogP contribution in [0.2, 0.25) is 10.0 Å². The highest BCUT2D eigenvalue weighted by atomic mass is 35.5. The number of carboxylic acid groups (broad SMARTS) is 1. The van der Waals surface area contributed by atoms with Crippen LogP contribution in [0.15, 0.2) is 30.3 Å². The minimum atomic E-state index is -1.21. The zero-order valence-electron chi connectivity index (χ0n) is 16.4. The number of hydrogen-bond acceptors (Lipinski definition) is 4. The standard InChI is InChI=1S/C21H17Cl2FN2O5/c1-9(20(30)25-8-18(28)29)19-10(2)26(16-7-15(24)17(27)6-12(16)19)21(31)11-3-4-13(22)14(23)5-11/h3-7,9,27H,8H2,1-2H3,(H,25,30)(H,28,29)/t9-/m0/s1. The summed E-state index contributed by atoms with van der Waals surface area (Å²) in [6.45, 7) is 2.51. The number of nitrogens with zero attached hydrogens (tertiary/aromatic N) is 1. The Hall–Kier alpha value is -3.10. The average molecular weight is 467 g/mol. The molecule has 3 N–H and O–H groups in total. The van der Waals surface area contributed by atoms with Gasteiger partial charge < -0.3 is 15.5 Å². The molecule has 0 bridgehead atoms. The largest absolute Gasteiger partial charge is 0.505 e. The van der Waals surface area contributed by atoms with E-state index in [-0.39, 0.29) is 26.5 Å². The molecule has 1 amide bonds. The third-order valence-electron chi connectivity index (χ3n) is 4.93. The minimum Gasteiger partial charge on any atom is -0.505 e. The third kappa shape index (κ3) is 4.22. The Labute approximate surface area is 186 Å². The van der Waals surface area contributed by atoms with Crippen molar-refractivity contribution in [1.29, 1.82) is 0 Å². The fourth-order valence-corrected chi connectivity index (χ4v) is 3.76. The zero-order valence-corrected chi connectivity index (χ0v) is 17.9. The van der Waals surface area contributed by atoms with Crippen molar-refractivity contribution in [2.24, 2.45) is 0 Å². The van der Waals surface area contributed by atoms with Crippen LogP contribution in [0.1, 0.15) is 34.5 Å². The molecule has 31 heavy (non-hydrogen) atoms. The van der Waals surface area contributed by atoms with E-state index in [1.54, 1.807) is 6.92 Å². The molecule has 7 nitrogen and oxygen atoms in total. The number of carbonyl (C=O) groups is 3. The van der Waals surface area contributed by atoms with Crippen LogP contribution in [0.4, 0.5) is 4.39 Å². The van der Waals surface area contributed by atoms with Crippen molar-refractivity contribution in [3.8, 4) is 5.75 Å². The Morgan fingerprint density at radius 3 is 2.45 bits per heavy atom. The highest BCUT2D eigenvalue weighted by Crippen LogP contribution is 2.36. The number of phenols is 1. The molecular formula is C21H17Cl2FN2O5. The zero-order chi connectivity index (χ0) is 23.0. The lowest BCUT2D eigenvalue weighted by Crippen LogP contribution is -2.32. The van der Waals surface area contributed by atoms with Crippen LogP contribution in [0, 0.1) is 12.7 Å². The smallest absolute Gasteiger partial charge is 0.322 e.